The van der Waals surface area contributed by atoms with Crippen molar-refractivity contribution >= 4 is 18.2 Å². The van der Waals surface area contributed by atoms with Gasteiger partial charge in [-0.25, -0.2) is 0 Å². The maximum atomic E-state index is 13.3. The third kappa shape index (κ3) is 6.54. The summed E-state index contributed by atoms with van der Waals surface area (Å²) in [5, 5.41) is 1.81. The number of hydrogen-bond acceptors (Lipinski definition) is 1. The van der Waals surface area contributed by atoms with Gasteiger partial charge in [0.15, 0.2) is 0 Å². The summed E-state index contributed by atoms with van der Waals surface area (Å²) in [5.41, 5.74) is 8.11. The molecule has 0 heterocycles. The molecule has 4 rings (SSSR count). The standard InChI is InChI=1S/C31H23F6N/c1-20-4-2-3-5-26(20)16-28(19-38)25-12-8-23(9-13-25)22-6-10-24(11-7-22)27-14-21(18-30(32,33)34)15-29(17-27)31(35,36)37/h2-17,19H,1,18,38H2/b26-16-,28-19+. The summed E-state index contributed by atoms with van der Waals surface area (Å²) in [6, 6.07) is 24.5. The van der Waals surface area contributed by atoms with E-state index >= 15 is 0 Å². The third-order valence-corrected chi connectivity index (χ3v) is 6.04. The Kier molecular flexibility index (Phi) is 7.49. The lowest BCUT2D eigenvalue weighted by Crippen LogP contribution is -2.21. The molecule has 7 heteroatoms. The number of rotatable bonds is 5. The molecule has 0 radical (unpaired) electrons. The van der Waals surface area contributed by atoms with E-state index in [9.17, 15) is 26.3 Å². The Morgan fingerprint density at radius 2 is 1.26 bits per heavy atom. The predicted molar refractivity (Wildman–Crippen MR) is 140 cm³/mol. The van der Waals surface area contributed by atoms with E-state index in [0.717, 1.165) is 44.8 Å². The zero-order chi connectivity index (χ0) is 27.5. The van der Waals surface area contributed by atoms with Crippen LogP contribution in [0.25, 0.3) is 40.5 Å². The van der Waals surface area contributed by atoms with Gasteiger partial charge in [-0.1, -0.05) is 85.4 Å². The second kappa shape index (κ2) is 10.6. The fourth-order valence-electron chi connectivity index (χ4n) is 4.14. The summed E-state index contributed by atoms with van der Waals surface area (Å²) < 4.78 is 78.6. The van der Waals surface area contributed by atoms with Gasteiger partial charge in [-0.2, -0.15) is 26.3 Å². The van der Waals surface area contributed by atoms with Gasteiger partial charge in [-0.05, 0) is 67.6 Å². The van der Waals surface area contributed by atoms with Gasteiger partial charge in [0.05, 0.1) is 12.0 Å². The SMILES string of the molecule is C=c1cccc/c1=C/C(=C\N)c1ccc(-c2ccc(-c3cc(CC(F)(F)F)cc(C(F)(F)F)c3)cc2)cc1. The van der Waals surface area contributed by atoms with E-state index in [4.69, 9.17) is 5.73 Å². The first kappa shape index (κ1) is 26.8. The lowest BCUT2D eigenvalue weighted by atomic mass is 9.95. The molecule has 1 nitrogen and oxygen atoms in total. The van der Waals surface area contributed by atoms with Gasteiger partial charge in [-0.3, -0.25) is 0 Å². The van der Waals surface area contributed by atoms with Crippen LogP contribution in [-0.2, 0) is 12.6 Å². The molecule has 0 amide bonds. The molecule has 4 aromatic rings. The number of halogens is 6. The van der Waals surface area contributed by atoms with Gasteiger partial charge < -0.3 is 5.73 Å². The second-order valence-corrected chi connectivity index (χ2v) is 8.83. The first-order valence-electron chi connectivity index (χ1n) is 11.6. The van der Waals surface area contributed by atoms with Crippen LogP contribution >= 0.6 is 0 Å². The van der Waals surface area contributed by atoms with Gasteiger partial charge in [0.2, 0.25) is 0 Å². The molecule has 38 heavy (non-hydrogen) atoms. The summed E-state index contributed by atoms with van der Waals surface area (Å²) in [4.78, 5) is 0. The summed E-state index contributed by atoms with van der Waals surface area (Å²) in [7, 11) is 0. The molecule has 0 fully saturated rings. The molecule has 0 spiro atoms. The lowest BCUT2D eigenvalue weighted by molar-refractivity contribution is -0.138. The molecule has 0 unspecified atom stereocenters. The minimum absolute atomic E-state index is 0.0694. The van der Waals surface area contributed by atoms with Crippen molar-refractivity contribution < 1.29 is 26.3 Å². The monoisotopic (exact) mass is 523 g/mol. The van der Waals surface area contributed by atoms with E-state index in [1.54, 1.807) is 24.3 Å². The summed E-state index contributed by atoms with van der Waals surface area (Å²) in [5.74, 6) is 0. The van der Waals surface area contributed by atoms with Crippen molar-refractivity contribution in [2.75, 3.05) is 0 Å². The van der Waals surface area contributed by atoms with E-state index in [1.165, 1.54) is 6.20 Å². The zero-order valence-corrected chi connectivity index (χ0v) is 20.1. The van der Waals surface area contributed by atoms with Crippen LogP contribution in [0.5, 0.6) is 0 Å². The summed E-state index contributed by atoms with van der Waals surface area (Å²) in [6.45, 7) is 4.02. The molecule has 0 bridgehead atoms. The smallest absolute Gasteiger partial charge is 0.404 e. The molecule has 0 atom stereocenters. The van der Waals surface area contributed by atoms with Crippen molar-refractivity contribution in [1.82, 2.24) is 0 Å². The maximum Gasteiger partial charge on any atom is 0.416 e. The first-order valence-corrected chi connectivity index (χ1v) is 11.6. The highest BCUT2D eigenvalue weighted by molar-refractivity contribution is 5.88. The quantitative estimate of drug-likeness (QED) is 0.272. The number of allylic oxidation sites excluding steroid dienone is 1. The van der Waals surface area contributed by atoms with Crippen molar-refractivity contribution in [1.29, 1.82) is 0 Å². The largest absolute Gasteiger partial charge is 0.416 e. The molecule has 0 saturated carbocycles. The van der Waals surface area contributed by atoms with E-state index in [-0.39, 0.29) is 5.56 Å². The Labute approximate surface area is 215 Å². The average Bonchev–Trinajstić information content (AvgIpc) is 2.87. The molecule has 0 aromatic heterocycles. The minimum Gasteiger partial charge on any atom is -0.404 e. The van der Waals surface area contributed by atoms with E-state index in [2.05, 4.69) is 6.58 Å². The van der Waals surface area contributed by atoms with E-state index in [0.29, 0.717) is 11.6 Å². The van der Waals surface area contributed by atoms with Crippen LogP contribution in [0.2, 0.25) is 0 Å². The van der Waals surface area contributed by atoms with Gasteiger partial charge in [-0.15, -0.1) is 0 Å². The molecule has 0 aliphatic heterocycles. The Bertz CT molecular complexity index is 1560. The number of benzene rings is 4. The van der Waals surface area contributed by atoms with Crippen LogP contribution in [0.3, 0.4) is 0 Å². The Hall–Kier alpha value is -4.26. The molecular weight excluding hydrogens is 500 g/mol. The van der Waals surface area contributed by atoms with Crippen LogP contribution < -0.4 is 16.2 Å². The summed E-state index contributed by atoms with van der Waals surface area (Å²) in [6.07, 6.45) is -7.37. The predicted octanol–water partition coefficient (Wildman–Crippen LogP) is 7.33. The van der Waals surface area contributed by atoms with Crippen molar-refractivity contribution in [2.24, 2.45) is 5.73 Å². The molecule has 0 aliphatic rings. The molecule has 0 aliphatic carbocycles. The number of hydrogen-bond donors (Lipinski definition) is 1. The maximum absolute atomic E-state index is 13.3. The number of nitrogens with two attached hydrogens (primary N) is 1. The second-order valence-electron chi connectivity index (χ2n) is 8.83. The normalized spacial score (nSPS) is 13.1. The topological polar surface area (TPSA) is 26.0 Å². The van der Waals surface area contributed by atoms with Crippen LogP contribution in [0.15, 0.2) is 97.2 Å². The van der Waals surface area contributed by atoms with Gasteiger partial charge >= 0.3 is 12.4 Å². The number of alkyl halides is 6. The molecular formula is C31H23F6N. The van der Waals surface area contributed by atoms with Gasteiger partial charge in [0.1, 0.15) is 0 Å². The third-order valence-electron chi connectivity index (χ3n) is 6.04. The van der Waals surface area contributed by atoms with Crippen LogP contribution in [0.4, 0.5) is 26.3 Å². The van der Waals surface area contributed by atoms with Crippen LogP contribution in [0.1, 0.15) is 16.7 Å². The van der Waals surface area contributed by atoms with Crippen molar-refractivity contribution in [3.05, 3.63) is 124 Å². The fourth-order valence-corrected chi connectivity index (χ4v) is 4.14. The summed E-state index contributed by atoms with van der Waals surface area (Å²) >= 11 is 0. The molecule has 4 aromatic carbocycles. The van der Waals surface area contributed by atoms with Gasteiger partial charge in [0.25, 0.3) is 0 Å². The first-order chi connectivity index (χ1) is 17.9. The molecule has 0 saturated heterocycles. The highest BCUT2D eigenvalue weighted by Crippen LogP contribution is 2.35. The molecule has 194 valence electrons. The molecule has 2 N–H and O–H groups in total. The zero-order valence-electron chi connectivity index (χ0n) is 20.1. The average molecular weight is 524 g/mol. The Balaban J connectivity index is 1.62. The van der Waals surface area contributed by atoms with E-state index in [1.807, 2.05) is 54.6 Å². The fraction of sp³-hybridized carbons (Fsp3) is 0.0968. The highest BCUT2D eigenvalue weighted by atomic mass is 19.4. The Morgan fingerprint density at radius 1 is 0.711 bits per heavy atom. The van der Waals surface area contributed by atoms with Crippen molar-refractivity contribution in [2.45, 2.75) is 18.8 Å². The van der Waals surface area contributed by atoms with Crippen LogP contribution in [-0.4, -0.2) is 6.18 Å². The van der Waals surface area contributed by atoms with Gasteiger partial charge in [0, 0.05) is 6.20 Å². The highest BCUT2D eigenvalue weighted by Gasteiger charge is 2.33. The van der Waals surface area contributed by atoms with Crippen molar-refractivity contribution in [3.8, 4) is 22.3 Å². The lowest BCUT2D eigenvalue weighted by Gasteiger charge is -2.14. The Morgan fingerprint density at radius 3 is 1.79 bits per heavy atom. The minimum atomic E-state index is -4.76. The van der Waals surface area contributed by atoms with Crippen molar-refractivity contribution in [3.63, 3.8) is 0 Å². The van der Waals surface area contributed by atoms with E-state index < -0.39 is 29.9 Å². The van der Waals surface area contributed by atoms with Crippen LogP contribution in [0, 0.1) is 0 Å².